The van der Waals surface area contributed by atoms with Crippen LogP contribution in [-0.4, -0.2) is 0 Å². The molecule has 0 bridgehead atoms. The second-order valence-electron chi connectivity index (χ2n) is 12.0. The molecule has 0 saturated heterocycles. The molecule has 0 spiro atoms. The van der Waals surface area contributed by atoms with E-state index in [0.29, 0.717) is 23.7 Å². The second kappa shape index (κ2) is 11.2. The van der Waals surface area contributed by atoms with Crippen LogP contribution in [0.25, 0.3) is 0 Å². The SMILES string of the molecule is CC1=C(C)N(c2c(C(C)C)cccc2C(C)C)/C(=C2\SC(C)=C(C)N2c2c(C(C)C)cccc2C(C)C)S1. The van der Waals surface area contributed by atoms with Crippen LogP contribution in [0.3, 0.4) is 0 Å². The molecular formula is C34H46N2S2. The topological polar surface area (TPSA) is 6.48 Å². The Morgan fingerprint density at radius 3 is 0.974 bits per heavy atom. The number of hydrogen-bond acceptors (Lipinski definition) is 4. The number of thioether (sulfide) groups is 2. The first kappa shape index (κ1) is 29.0. The zero-order valence-electron chi connectivity index (χ0n) is 25.5. The lowest BCUT2D eigenvalue weighted by atomic mass is 9.91. The lowest BCUT2D eigenvalue weighted by molar-refractivity contribution is 0.821. The molecule has 0 N–H and O–H groups in total. The van der Waals surface area contributed by atoms with Crippen molar-refractivity contribution in [1.82, 2.24) is 0 Å². The van der Waals surface area contributed by atoms with Crippen LogP contribution >= 0.6 is 23.5 Å². The summed E-state index contributed by atoms with van der Waals surface area (Å²) in [5, 5.41) is 2.67. The van der Waals surface area contributed by atoms with Crippen molar-refractivity contribution in [2.24, 2.45) is 0 Å². The lowest BCUT2D eigenvalue weighted by Gasteiger charge is -2.34. The molecule has 2 heterocycles. The maximum absolute atomic E-state index is 2.60. The van der Waals surface area contributed by atoms with Crippen molar-refractivity contribution in [3.63, 3.8) is 0 Å². The Labute approximate surface area is 240 Å². The van der Waals surface area contributed by atoms with Crippen LogP contribution in [0.2, 0.25) is 0 Å². The van der Waals surface area contributed by atoms with E-state index in [1.807, 2.05) is 23.5 Å². The van der Waals surface area contributed by atoms with Gasteiger partial charge in [-0.3, -0.25) is 0 Å². The summed E-state index contributed by atoms with van der Waals surface area (Å²) in [4.78, 5) is 7.95. The highest BCUT2D eigenvalue weighted by Crippen LogP contribution is 2.56. The monoisotopic (exact) mass is 546 g/mol. The summed E-state index contributed by atoms with van der Waals surface area (Å²) < 4.78 is 0. The molecule has 2 aliphatic heterocycles. The van der Waals surface area contributed by atoms with Crippen LogP contribution in [0.4, 0.5) is 11.4 Å². The predicted molar refractivity (Wildman–Crippen MR) is 173 cm³/mol. The van der Waals surface area contributed by atoms with Crippen molar-refractivity contribution in [2.45, 2.75) is 107 Å². The molecule has 38 heavy (non-hydrogen) atoms. The summed E-state index contributed by atoms with van der Waals surface area (Å²) in [6, 6.07) is 13.8. The Kier molecular flexibility index (Phi) is 8.55. The Bertz CT molecular complexity index is 1170. The van der Waals surface area contributed by atoms with Crippen LogP contribution in [0.5, 0.6) is 0 Å². The highest BCUT2D eigenvalue weighted by molar-refractivity contribution is 8.10. The summed E-state index contributed by atoms with van der Waals surface area (Å²) in [7, 11) is 0. The number of anilines is 2. The number of benzene rings is 2. The first-order valence-electron chi connectivity index (χ1n) is 14.2. The highest BCUT2D eigenvalue weighted by atomic mass is 32.2. The van der Waals surface area contributed by atoms with E-state index >= 15 is 0 Å². The van der Waals surface area contributed by atoms with Gasteiger partial charge < -0.3 is 9.80 Å². The minimum absolute atomic E-state index is 0.441. The van der Waals surface area contributed by atoms with E-state index in [-0.39, 0.29) is 0 Å². The minimum atomic E-state index is 0.441. The molecule has 2 nitrogen and oxygen atoms in total. The smallest absolute Gasteiger partial charge is 0.116 e. The molecule has 0 fully saturated rings. The molecular weight excluding hydrogens is 501 g/mol. The van der Waals surface area contributed by atoms with E-state index in [2.05, 4.69) is 129 Å². The van der Waals surface area contributed by atoms with Crippen molar-refractivity contribution in [3.05, 3.63) is 89.9 Å². The summed E-state index contributed by atoms with van der Waals surface area (Å²) in [6.45, 7) is 27.8. The van der Waals surface area contributed by atoms with Gasteiger partial charge in [-0.05, 0) is 73.6 Å². The first-order chi connectivity index (χ1) is 17.9. The van der Waals surface area contributed by atoms with Gasteiger partial charge in [-0.25, -0.2) is 0 Å². The summed E-state index contributed by atoms with van der Waals surface area (Å²) in [5.41, 5.74) is 11.1. The fraction of sp³-hybridized carbons (Fsp3) is 0.471. The molecule has 2 aromatic rings. The van der Waals surface area contributed by atoms with Crippen LogP contribution in [-0.2, 0) is 0 Å². The average Bonchev–Trinajstić information content (AvgIpc) is 3.32. The quantitative estimate of drug-likeness (QED) is 0.355. The summed E-state index contributed by atoms with van der Waals surface area (Å²) in [5.74, 6) is 1.77. The van der Waals surface area contributed by atoms with Gasteiger partial charge in [0.1, 0.15) is 10.1 Å². The molecule has 4 rings (SSSR count). The maximum Gasteiger partial charge on any atom is 0.116 e. The number of nitrogens with zero attached hydrogens (tertiary/aromatic N) is 2. The molecule has 0 unspecified atom stereocenters. The fourth-order valence-electron chi connectivity index (χ4n) is 5.51. The van der Waals surface area contributed by atoms with E-state index in [1.165, 1.54) is 64.9 Å². The van der Waals surface area contributed by atoms with Gasteiger partial charge >= 0.3 is 0 Å². The Balaban J connectivity index is 2.05. The summed E-state index contributed by atoms with van der Waals surface area (Å²) >= 11 is 3.88. The number of hydrogen-bond donors (Lipinski definition) is 0. The molecule has 0 amide bonds. The lowest BCUT2D eigenvalue weighted by Crippen LogP contribution is -2.26. The fourth-order valence-corrected chi connectivity index (χ4v) is 7.81. The van der Waals surface area contributed by atoms with Crippen LogP contribution < -0.4 is 9.80 Å². The van der Waals surface area contributed by atoms with Gasteiger partial charge in [0.2, 0.25) is 0 Å². The molecule has 0 radical (unpaired) electrons. The van der Waals surface area contributed by atoms with E-state index in [1.54, 1.807) is 0 Å². The van der Waals surface area contributed by atoms with Gasteiger partial charge in [0, 0.05) is 21.2 Å². The second-order valence-corrected chi connectivity index (χ2v) is 14.4. The van der Waals surface area contributed by atoms with Gasteiger partial charge in [0.15, 0.2) is 0 Å². The van der Waals surface area contributed by atoms with Gasteiger partial charge in [-0.15, -0.1) is 0 Å². The zero-order chi connectivity index (χ0) is 28.0. The third-order valence-electron chi connectivity index (χ3n) is 7.91. The number of rotatable bonds is 6. The molecule has 2 aliphatic rings. The predicted octanol–water partition coefficient (Wildman–Crippen LogP) is 11.6. The Morgan fingerprint density at radius 2 is 0.737 bits per heavy atom. The van der Waals surface area contributed by atoms with Crippen LogP contribution in [0.15, 0.2) is 67.7 Å². The van der Waals surface area contributed by atoms with Crippen molar-refractivity contribution in [2.75, 3.05) is 9.80 Å². The molecule has 0 aliphatic carbocycles. The standard InChI is InChI=1S/C34H46N2S2/c1-19(2)27-15-13-16-28(20(3)4)31(27)35-23(9)25(11)37-33(35)34-36(24(10)26(12)38-34)32-29(21(5)6)17-14-18-30(32)22(7)8/h13-22H,1-12H3/b34-33+. The van der Waals surface area contributed by atoms with Crippen molar-refractivity contribution < 1.29 is 0 Å². The maximum atomic E-state index is 2.60. The average molecular weight is 547 g/mol. The van der Waals surface area contributed by atoms with E-state index in [4.69, 9.17) is 0 Å². The largest absolute Gasteiger partial charge is 0.305 e. The van der Waals surface area contributed by atoms with Gasteiger partial charge in [-0.2, -0.15) is 0 Å². The molecule has 4 heteroatoms. The van der Waals surface area contributed by atoms with Gasteiger partial charge in [-0.1, -0.05) is 115 Å². The Morgan fingerprint density at radius 1 is 0.474 bits per heavy atom. The van der Waals surface area contributed by atoms with Gasteiger partial charge in [0.05, 0.1) is 11.4 Å². The zero-order valence-corrected chi connectivity index (χ0v) is 27.1. The molecule has 0 atom stereocenters. The molecule has 0 aromatic heterocycles. The third kappa shape index (κ3) is 4.99. The van der Waals surface area contributed by atoms with E-state index in [9.17, 15) is 0 Å². The minimum Gasteiger partial charge on any atom is -0.305 e. The van der Waals surface area contributed by atoms with Crippen molar-refractivity contribution >= 4 is 34.9 Å². The van der Waals surface area contributed by atoms with Crippen molar-refractivity contribution in [3.8, 4) is 0 Å². The Hall–Kier alpha value is -2.04. The number of allylic oxidation sites excluding steroid dienone is 4. The highest BCUT2D eigenvalue weighted by Gasteiger charge is 2.38. The first-order valence-corrected chi connectivity index (χ1v) is 15.8. The number of para-hydroxylation sites is 2. The van der Waals surface area contributed by atoms with Crippen LogP contribution in [0.1, 0.15) is 129 Å². The van der Waals surface area contributed by atoms with Gasteiger partial charge in [0.25, 0.3) is 0 Å². The van der Waals surface area contributed by atoms with Crippen molar-refractivity contribution in [1.29, 1.82) is 0 Å². The van der Waals surface area contributed by atoms with E-state index in [0.717, 1.165) is 0 Å². The summed E-state index contributed by atoms with van der Waals surface area (Å²) in [6.07, 6.45) is 0. The van der Waals surface area contributed by atoms with Crippen LogP contribution in [0, 0.1) is 0 Å². The normalized spacial score (nSPS) is 18.6. The molecule has 2 aromatic carbocycles. The molecule has 0 saturated carbocycles. The van der Waals surface area contributed by atoms with E-state index < -0.39 is 0 Å². The third-order valence-corrected chi connectivity index (χ3v) is 10.4. The molecule has 204 valence electrons.